The zero-order valence-corrected chi connectivity index (χ0v) is 10.3. The largest absolute Gasteiger partial charge is 0.508 e. The van der Waals surface area contributed by atoms with Crippen molar-refractivity contribution in [2.24, 2.45) is 0 Å². The van der Waals surface area contributed by atoms with Crippen molar-refractivity contribution in [1.29, 1.82) is 0 Å². The molecule has 1 rings (SSSR count). The first kappa shape index (κ1) is 13.5. The SMILES string of the molecule is CCCN(CC(=O)O)C(C)c1ccc(O)cc1. The average Bonchev–Trinajstić information content (AvgIpc) is 2.28. The number of rotatable bonds is 6. The third-order valence-corrected chi connectivity index (χ3v) is 2.77. The third kappa shape index (κ3) is 4.07. The van der Waals surface area contributed by atoms with E-state index in [9.17, 15) is 9.90 Å². The van der Waals surface area contributed by atoms with Crippen molar-refractivity contribution < 1.29 is 15.0 Å². The van der Waals surface area contributed by atoms with Crippen LogP contribution in [0.3, 0.4) is 0 Å². The molecule has 4 heteroatoms. The van der Waals surface area contributed by atoms with Crippen LogP contribution < -0.4 is 0 Å². The second-order valence-electron chi connectivity index (χ2n) is 4.13. The standard InChI is InChI=1S/C13H19NO3/c1-3-8-14(9-13(16)17)10(2)11-4-6-12(15)7-5-11/h4-7,10,15H,3,8-9H2,1-2H3,(H,16,17). The second kappa shape index (κ2) is 6.25. The molecule has 0 saturated carbocycles. The fourth-order valence-corrected chi connectivity index (χ4v) is 1.83. The molecule has 0 heterocycles. The summed E-state index contributed by atoms with van der Waals surface area (Å²) < 4.78 is 0. The quantitative estimate of drug-likeness (QED) is 0.796. The molecule has 94 valence electrons. The van der Waals surface area contributed by atoms with Crippen LogP contribution >= 0.6 is 0 Å². The Morgan fingerprint density at radius 2 is 1.94 bits per heavy atom. The minimum absolute atomic E-state index is 0.0339. The molecule has 0 spiro atoms. The van der Waals surface area contributed by atoms with Crippen LogP contribution in [-0.4, -0.2) is 34.2 Å². The molecule has 17 heavy (non-hydrogen) atoms. The van der Waals surface area contributed by atoms with Crippen molar-refractivity contribution in [3.63, 3.8) is 0 Å². The summed E-state index contributed by atoms with van der Waals surface area (Å²) in [6.45, 7) is 4.79. The van der Waals surface area contributed by atoms with Gasteiger partial charge in [-0.3, -0.25) is 9.69 Å². The summed E-state index contributed by atoms with van der Waals surface area (Å²) in [5, 5.41) is 18.1. The second-order valence-corrected chi connectivity index (χ2v) is 4.13. The van der Waals surface area contributed by atoms with Crippen molar-refractivity contribution in [3.05, 3.63) is 29.8 Å². The summed E-state index contributed by atoms with van der Waals surface area (Å²) in [6, 6.07) is 6.93. The van der Waals surface area contributed by atoms with Gasteiger partial charge < -0.3 is 10.2 Å². The smallest absolute Gasteiger partial charge is 0.317 e. The van der Waals surface area contributed by atoms with Gasteiger partial charge in [0.15, 0.2) is 0 Å². The highest BCUT2D eigenvalue weighted by Crippen LogP contribution is 2.22. The van der Waals surface area contributed by atoms with E-state index in [-0.39, 0.29) is 18.3 Å². The molecule has 0 saturated heterocycles. The van der Waals surface area contributed by atoms with Gasteiger partial charge in [-0.1, -0.05) is 19.1 Å². The van der Waals surface area contributed by atoms with Crippen LogP contribution in [0.4, 0.5) is 0 Å². The molecule has 1 aromatic rings. The van der Waals surface area contributed by atoms with E-state index in [0.29, 0.717) is 0 Å². The van der Waals surface area contributed by atoms with Crippen LogP contribution in [0.5, 0.6) is 5.75 Å². The number of phenols is 1. The number of carboxylic acid groups (broad SMARTS) is 1. The Balaban J connectivity index is 2.79. The van der Waals surface area contributed by atoms with E-state index in [2.05, 4.69) is 0 Å². The van der Waals surface area contributed by atoms with Gasteiger partial charge in [0.25, 0.3) is 0 Å². The number of phenolic OH excluding ortho intramolecular Hbond substituents is 1. The van der Waals surface area contributed by atoms with Crippen LogP contribution in [0.25, 0.3) is 0 Å². The van der Waals surface area contributed by atoms with Crippen molar-refractivity contribution >= 4 is 5.97 Å². The van der Waals surface area contributed by atoms with Crippen LogP contribution in [0.15, 0.2) is 24.3 Å². The number of carbonyl (C=O) groups is 1. The number of aromatic hydroxyl groups is 1. The Bertz CT molecular complexity index is 361. The van der Waals surface area contributed by atoms with Gasteiger partial charge in [0.05, 0.1) is 6.54 Å². The highest BCUT2D eigenvalue weighted by atomic mass is 16.4. The molecule has 2 N–H and O–H groups in total. The van der Waals surface area contributed by atoms with Gasteiger partial charge in [-0.15, -0.1) is 0 Å². The predicted octanol–water partition coefficient (Wildman–Crippen LogP) is 2.25. The fraction of sp³-hybridized carbons (Fsp3) is 0.462. The number of nitrogens with zero attached hydrogens (tertiary/aromatic N) is 1. The molecular formula is C13H19NO3. The summed E-state index contributed by atoms with van der Waals surface area (Å²) in [5.41, 5.74) is 1.01. The predicted molar refractivity (Wildman–Crippen MR) is 66.0 cm³/mol. The first-order valence-electron chi connectivity index (χ1n) is 5.79. The van der Waals surface area contributed by atoms with Gasteiger partial charge >= 0.3 is 5.97 Å². The molecule has 1 atom stereocenters. The van der Waals surface area contributed by atoms with Gasteiger partial charge in [0.1, 0.15) is 5.75 Å². The van der Waals surface area contributed by atoms with E-state index in [0.717, 1.165) is 18.5 Å². The molecule has 4 nitrogen and oxygen atoms in total. The monoisotopic (exact) mass is 237 g/mol. The number of benzene rings is 1. The van der Waals surface area contributed by atoms with E-state index in [1.165, 1.54) is 0 Å². The Morgan fingerprint density at radius 3 is 2.41 bits per heavy atom. The Labute approximate surface area is 101 Å². The van der Waals surface area contributed by atoms with Crippen LogP contribution in [0.1, 0.15) is 31.9 Å². The molecule has 0 fully saturated rings. The lowest BCUT2D eigenvalue weighted by Crippen LogP contribution is -2.33. The van der Waals surface area contributed by atoms with Crippen LogP contribution in [0, 0.1) is 0 Å². The van der Waals surface area contributed by atoms with Crippen molar-refractivity contribution in [3.8, 4) is 5.75 Å². The zero-order chi connectivity index (χ0) is 12.8. The van der Waals surface area contributed by atoms with E-state index in [1.54, 1.807) is 12.1 Å². The van der Waals surface area contributed by atoms with Gasteiger partial charge in [0, 0.05) is 6.04 Å². The lowest BCUT2D eigenvalue weighted by molar-refractivity contribution is -0.138. The third-order valence-electron chi connectivity index (χ3n) is 2.77. The maximum Gasteiger partial charge on any atom is 0.317 e. The summed E-state index contributed by atoms with van der Waals surface area (Å²) in [4.78, 5) is 12.7. The molecule has 0 aromatic heterocycles. The highest BCUT2D eigenvalue weighted by molar-refractivity contribution is 5.69. The maximum absolute atomic E-state index is 10.8. The summed E-state index contributed by atoms with van der Waals surface area (Å²) >= 11 is 0. The summed E-state index contributed by atoms with van der Waals surface area (Å²) in [6.07, 6.45) is 0.912. The molecule has 1 unspecified atom stereocenters. The lowest BCUT2D eigenvalue weighted by atomic mass is 10.1. The number of hydrogen-bond acceptors (Lipinski definition) is 3. The minimum Gasteiger partial charge on any atom is -0.508 e. The van der Waals surface area contributed by atoms with E-state index < -0.39 is 5.97 Å². The van der Waals surface area contributed by atoms with E-state index >= 15 is 0 Å². The van der Waals surface area contributed by atoms with Gasteiger partial charge in [-0.25, -0.2) is 0 Å². The van der Waals surface area contributed by atoms with Gasteiger partial charge in [-0.2, -0.15) is 0 Å². The Hall–Kier alpha value is -1.55. The molecule has 0 aliphatic rings. The topological polar surface area (TPSA) is 60.8 Å². The first-order valence-corrected chi connectivity index (χ1v) is 5.79. The van der Waals surface area contributed by atoms with Crippen LogP contribution in [0.2, 0.25) is 0 Å². The number of carboxylic acids is 1. The van der Waals surface area contributed by atoms with E-state index in [1.807, 2.05) is 30.9 Å². The van der Waals surface area contributed by atoms with E-state index in [4.69, 9.17) is 5.11 Å². The Morgan fingerprint density at radius 1 is 1.35 bits per heavy atom. The summed E-state index contributed by atoms with van der Waals surface area (Å²) in [7, 11) is 0. The molecule has 0 bridgehead atoms. The van der Waals surface area contributed by atoms with Crippen LogP contribution in [-0.2, 0) is 4.79 Å². The van der Waals surface area contributed by atoms with Gasteiger partial charge in [-0.05, 0) is 37.6 Å². The normalized spacial score (nSPS) is 12.6. The fourth-order valence-electron chi connectivity index (χ4n) is 1.83. The molecule has 0 aliphatic carbocycles. The summed E-state index contributed by atoms with van der Waals surface area (Å²) in [5.74, 6) is -0.592. The first-order chi connectivity index (χ1) is 8.04. The molecule has 0 aliphatic heterocycles. The molecule has 0 amide bonds. The Kier molecular flexibility index (Phi) is 4.97. The molecule has 0 radical (unpaired) electrons. The number of hydrogen-bond donors (Lipinski definition) is 2. The van der Waals surface area contributed by atoms with Gasteiger partial charge in [0.2, 0.25) is 0 Å². The average molecular weight is 237 g/mol. The van der Waals surface area contributed by atoms with Crippen molar-refractivity contribution in [1.82, 2.24) is 4.90 Å². The molecule has 1 aromatic carbocycles. The van der Waals surface area contributed by atoms with Crippen molar-refractivity contribution in [2.45, 2.75) is 26.3 Å². The lowest BCUT2D eigenvalue weighted by Gasteiger charge is -2.27. The molecular weight excluding hydrogens is 218 g/mol. The minimum atomic E-state index is -0.816. The maximum atomic E-state index is 10.8. The highest BCUT2D eigenvalue weighted by Gasteiger charge is 2.17. The number of aliphatic carboxylic acids is 1. The van der Waals surface area contributed by atoms with Crippen molar-refractivity contribution in [2.75, 3.05) is 13.1 Å². The zero-order valence-electron chi connectivity index (χ0n) is 10.3.